The molecule has 136 valence electrons. The van der Waals surface area contributed by atoms with Gasteiger partial charge in [0.25, 0.3) is 0 Å². The van der Waals surface area contributed by atoms with Crippen LogP contribution in [-0.4, -0.2) is 29.7 Å². The van der Waals surface area contributed by atoms with Gasteiger partial charge in [-0.2, -0.15) is 5.10 Å². The van der Waals surface area contributed by atoms with Crippen LogP contribution in [0.4, 0.5) is 0 Å². The monoisotopic (exact) mass is 366 g/mol. The van der Waals surface area contributed by atoms with Gasteiger partial charge in [0, 0.05) is 29.5 Å². The second-order valence-electron chi connectivity index (χ2n) is 7.36. The average molecular weight is 366 g/mol. The maximum absolute atomic E-state index is 5.01. The van der Waals surface area contributed by atoms with Crippen molar-refractivity contribution >= 4 is 22.1 Å². The van der Waals surface area contributed by atoms with Gasteiger partial charge >= 0.3 is 0 Å². The number of hydrogen-bond acceptors (Lipinski definition) is 4. The maximum atomic E-state index is 5.01. The Hall–Kier alpha value is -3.54. The van der Waals surface area contributed by atoms with Crippen LogP contribution in [0.15, 0.2) is 61.3 Å². The molecule has 5 aromatic rings. The third-order valence-corrected chi connectivity index (χ3v) is 5.71. The third-order valence-electron chi connectivity index (χ3n) is 5.71. The number of nitrogens with one attached hydrogen (secondary N) is 1. The van der Waals surface area contributed by atoms with E-state index in [0.29, 0.717) is 6.04 Å². The molecule has 6 heteroatoms. The number of benzene rings is 1. The van der Waals surface area contributed by atoms with Gasteiger partial charge in [-0.1, -0.05) is 24.3 Å². The molecule has 1 aromatic carbocycles. The Bertz CT molecular complexity index is 1320. The van der Waals surface area contributed by atoms with Crippen molar-refractivity contribution in [1.82, 2.24) is 29.7 Å². The fourth-order valence-electron chi connectivity index (χ4n) is 4.31. The van der Waals surface area contributed by atoms with Crippen molar-refractivity contribution in [3.63, 3.8) is 0 Å². The highest BCUT2D eigenvalue weighted by molar-refractivity contribution is 5.92. The minimum absolute atomic E-state index is 0.296. The van der Waals surface area contributed by atoms with Crippen LogP contribution in [0.1, 0.15) is 23.6 Å². The summed E-state index contributed by atoms with van der Waals surface area (Å²) in [4.78, 5) is 16.5. The zero-order chi connectivity index (χ0) is 18.5. The first-order valence-corrected chi connectivity index (χ1v) is 9.55. The second kappa shape index (κ2) is 5.99. The first-order valence-electron chi connectivity index (χ1n) is 9.55. The first kappa shape index (κ1) is 15.5. The number of aromatic nitrogens is 6. The number of aryl methyl sites for hydroxylation is 1. The van der Waals surface area contributed by atoms with Crippen molar-refractivity contribution < 1.29 is 0 Å². The van der Waals surface area contributed by atoms with Crippen molar-refractivity contribution in [2.24, 2.45) is 0 Å². The smallest absolute Gasteiger partial charge is 0.162 e. The molecule has 6 nitrogen and oxygen atoms in total. The molecule has 1 aliphatic rings. The molecule has 0 aliphatic heterocycles. The predicted octanol–water partition coefficient (Wildman–Crippen LogP) is 4.10. The molecule has 4 heterocycles. The molecule has 1 aliphatic carbocycles. The number of aromatic amines is 1. The molecule has 1 N–H and O–H groups in total. The molecule has 0 amide bonds. The van der Waals surface area contributed by atoms with E-state index in [-0.39, 0.29) is 0 Å². The van der Waals surface area contributed by atoms with Crippen molar-refractivity contribution in [3.05, 3.63) is 72.4 Å². The molecule has 0 radical (unpaired) electrons. The predicted molar refractivity (Wildman–Crippen MR) is 108 cm³/mol. The lowest BCUT2D eigenvalue weighted by molar-refractivity contribution is 0.415. The fraction of sp³-hybridized carbons (Fsp3) is 0.182. The Labute approximate surface area is 161 Å². The van der Waals surface area contributed by atoms with E-state index in [0.717, 1.165) is 52.6 Å². The number of rotatable bonds is 2. The molecule has 0 spiro atoms. The van der Waals surface area contributed by atoms with Crippen molar-refractivity contribution in [1.29, 1.82) is 0 Å². The van der Waals surface area contributed by atoms with Gasteiger partial charge in [-0.05, 0) is 42.5 Å². The standard InChI is InChI=1S/C22H18N6/c1-2-4-15-10-18(6-5-14(15)3-1)28-22-19(12-23-13-26-22)20(27-28)17-9-16-7-8-24-21(16)25-11-17/h1-4,7-9,11-13,18H,5-6,10H2,(H,24,25). The van der Waals surface area contributed by atoms with Crippen molar-refractivity contribution in [2.45, 2.75) is 25.3 Å². The molecular weight excluding hydrogens is 348 g/mol. The van der Waals surface area contributed by atoms with Gasteiger partial charge in [0.2, 0.25) is 0 Å². The lowest BCUT2D eigenvalue weighted by Gasteiger charge is -2.25. The molecule has 0 bridgehead atoms. The van der Waals surface area contributed by atoms with Gasteiger partial charge in [-0.15, -0.1) is 0 Å². The highest BCUT2D eigenvalue weighted by Gasteiger charge is 2.24. The van der Waals surface area contributed by atoms with Gasteiger partial charge in [-0.25, -0.2) is 19.6 Å². The number of pyridine rings is 1. The molecule has 4 aromatic heterocycles. The topological polar surface area (TPSA) is 72.3 Å². The summed E-state index contributed by atoms with van der Waals surface area (Å²) in [5, 5.41) is 7.05. The van der Waals surface area contributed by atoms with Crippen LogP contribution in [0.3, 0.4) is 0 Å². The SMILES string of the molecule is c1ccc2c(c1)CCC(n1nc(-c3cnc4[nH]ccc4c3)c3cncnc31)C2. The summed E-state index contributed by atoms with van der Waals surface area (Å²) in [7, 11) is 0. The normalized spacial score (nSPS) is 16.5. The minimum atomic E-state index is 0.296. The third kappa shape index (κ3) is 2.34. The lowest BCUT2D eigenvalue weighted by atomic mass is 9.88. The summed E-state index contributed by atoms with van der Waals surface area (Å²) in [5.41, 5.74) is 6.52. The lowest BCUT2D eigenvalue weighted by Crippen LogP contribution is -2.20. The summed E-state index contributed by atoms with van der Waals surface area (Å²) in [6.07, 6.45) is 10.3. The van der Waals surface area contributed by atoms with Crippen LogP contribution in [0.25, 0.3) is 33.3 Å². The first-order chi connectivity index (χ1) is 13.9. The largest absolute Gasteiger partial charge is 0.346 e. The molecule has 6 rings (SSSR count). The van der Waals surface area contributed by atoms with Crippen LogP contribution in [0.5, 0.6) is 0 Å². The van der Waals surface area contributed by atoms with Crippen LogP contribution >= 0.6 is 0 Å². The highest BCUT2D eigenvalue weighted by atomic mass is 15.3. The van der Waals surface area contributed by atoms with Gasteiger partial charge in [0.05, 0.1) is 11.4 Å². The fourth-order valence-corrected chi connectivity index (χ4v) is 4.31. The Balaban J connectivity index is 1.49. The molecule has 1 atom stereocenters. The van der Waals surface area contributed by atoms with Crippen LogP contribution in [0.2, 0.25) is 0 Å². The van der Waals surface area contributed by atoms with E-state index in [1.807, 2.05) is 24.7 Å². The second-order valence-corrected chi connectivity index (χ2v) is 7.36. The summed E-state index contributed by atoms with van der Waals surface area (Å²) >= 11 is 0. The van der Waals surface area contributed by atoms with Crippen LogP contribution < -0.4 is 0 Å². The molecule has 28 heavy (non-hydrogen) atoms. The van der Waals surface area contributed by atoms with Gasteiger partial charge in [-0.3, -0.25) is 0 Å². The summed E-state index contributed by atoms with van der Waals surface area (Å²) in [6, 6.07) is 13.1. The highest BCUT2D eigenvalue weighted by Crippen LogP contribution is 2.34. The number of hydrogen-bond donors (Lipinski definition) is 1. The molecule has 0 fully saturated rings. The van der Waals surface area contributed by atoms with E-state index < -0.39 is 0 Å². The van der Waals surface area contributed by atoms with E-state index in [9.17, 15) is 0 Å². The van der Waals surface area contributed by atoms with Crippen LogP contribution in [0, 0.1) is 0 Å². The Kier molecular flexibility index (Phi) is 3.32. The number of H-pyrrole nitrogens is 1. The Morgan fingerprint density at radius 2 is 1.96 bits per heavy atom. The Morgan fingerprint density at radius 1 is 1.04 bits per heavy atom. The van der Waals surface area contributed by atoms with E-state index in [4.69, 9.17) is 5.10 Å². The van der Waals surface area contributed by atoms with Gasteiger partial charge in [0.1, 0.15) is 17.7 Å². The molecule has 0 saturated heterocycles. The number of nitrogens with zero attached hydrogens (tertiary/aromatic N) is 5. The van der Waals surface area contributed by atoms with E-state index in [1.54, 1.807) is 6.33 Å². The zero-order valence-electron chi connectivity index (χ0n) is 15.2. The summed E-state index contributed by atoms with van der Waals surface area (Å²) in [6.45, 7) is 0. The van der Waals surface area contributed by atoms with E-state index in [1.165, 1.54) is 11.1 Å². The number of fused-ring (bicyclic) bond motifs is 3. The molecular formula is C22H18N6. The van der Waals surface area contributed by atoms with Crippen molar-refractivity contribution in [2.75, 3.05) is 0 Å². The molecule has 1 unspecified atom stereocenters. The summed E-state index contributed by atoms with van der Waals surface area (Å²) < 4.78 is 2.10. The molecule has 0 saturated carbocycles. The quantitative estimate of drug-likeness (QED) is 0.510. The van der Waals surface area contributed by atoms with E-state index >= 15 is 0 Å². The Morgan fingerprint density at radius 3 is 2.93 bits per heavy atom. The van der Waals surface area contributed by atoms with Gasteiger partial charge in [0.15, 0.2) is 5.65 Å². The summed E-state index contributed by atoms with van der Waals surface area (Å²) in [5.74, 6) is 0. The zero-order valence-corrected chi connectivity index (χ0v) is 15.2. The van der Waals surface area contributed by atoms with Crippen molar-refractivity contribution in [3.8, 4) is 11.3 Å². The maximum Gasteiger partial charge on any atom is 0.162 e. The van der Waals surface area contributed by atoms with Gasteiger partial charge < -0.3 is 4.98 Å². The average Bonchev–Trinajstić information content (AvgIpc) is 3.37. The minimum Gasteiger partial charge on any atom is -0.346 e. The van der Waals surface area contributed by atoms with E-state index in [2.05, 4.69) is 54.9 Å². The van der Waals surface area contributed by atoms with Crippen LogP contribution in [-0.2, 0) is 12.8 Å².